The van der Waals surface area contributed by atoms with Crippen molar-refractivity contribution in [1.29, 1.82) is 0 Å². The molecule has 1 unspecified atom stereocenters. The van der Waals surface area contributed by atoms with Crippen LogP contribution in [0.15, 0.2) is 6.33 Å². The van der Waals surface area contributed by atoms with Gasteiger partial charge in [0.2, 0.25) is 0 Å². The largest absolute Gasteiger partial charge is 0.383 e. The molecule has 1 heterocycles. The van der Waals surface area contributed by atoms with Crippen LogP contribution < -0.4 is 5.32 Å². The van der Waals surface area contributed by atoms with Crippen LogP contribution in [0.3, 0.4) is 0 Å². The Balaban J connectivity index is 2.37. The van der Waals surface area contributed by atoms with Crippen LogP contribution in [0.1, 0.15) is 18.3 Å². The Kier molecular flexibility index (Phi) is 4.78. The van der Waals surface area contributed by atoms with Crippen molar-refractivity contribution >= 4 is 0 Å². The standard InChI is InChI=1S/C11H21N3O/c1-9(12-5-6-15-4)7-14-8-13-10(2)11(14)3/h8-9,12H,5-7H2,1-4H3. The van der Waals surface area contributed by atoms with E-state index in [0.717, 1.165) is 25.4 Å². The van der Waals surface area contributed by atoms with Crippen molar-refractivity contribution in [2.45, 2.75) is 33.4 Å². The molecule has 1 N–H and O–H groups in total. The summed E-state index contributed by atoms with van der Waals surface area (Å²) in [7, 11) is 1.72. The van der Waals surface area contributed by atoms with E-state index < -0.39 is 0 Å². The molecule has 4 heteroatoms. The van der Waals surface area contributed by atoms with Crippen molar-refractivity contribution in [3.05, 3.63) is 17.7 Å². The lowest BCUT2D eigenvalue weighted by Gasteiger charge is -2.15. The van der Waals surface area contributed by atoms with Crippen molar-refractivity contribution in [3.8, 4) is 0 Å². The molecule has 4 nitrogen and oxygen atoms in total. The highest BCUT2D eigenvalue weighted by atomic mass is 16.5. The molecule has 1 rings (SSSR count). The van der Waals surface area contributed by atoms with Crippen LogP contribution >= 0.6 is 0 Å². The van der Waals surface area contributed by atoms with Gasteiger partial charge in [-0.25, -0.2) is 4.98 Å². The Morgan fingerprint density at radius 1 is 1.53 bits per heavy atom. The van der Waals surface area contributed by atoms with E-state index in [4.69, 9.17) is 4.74 Å². The fraction of sp³-hybridized carbons (Fsp3) is 0.727. The maximum absolute atomic E-state index is 4.99. The molecule has 86 valence electrons. The third-order valence-corrected chi connectivity index (χ3v) is 2.61. The Hall–Kier alpha value is -0.870. The molecule has 0 bridgehead atoms. The molecule has 0 amide bonds. The van der Waals surface area contributed by atoms with Crippen molar-refractivity contribution in [1.82, 2.24) is 14.9 Å². The van der Waals surface area contributed by atoms with E-state index in [1.165, 1.54) is 5.69 Å². The van der Waals surface area contributed by atoms with Gasteiger partial charge in [-0.15, -0.1) is 0 Å². The molecule has 0 spiro atoms. The lowest BCUT2D eigenvalue weighted by Crippen LogP contribution is -2.33. The maximum atomic E-state index is 4.99. The zero-order valence-corrected chi connectivity index (χ0v) is 10.1. The van der Waals surface area contributed by atoms with Crippen LogP contribution in [0.2, 0.25) is 0 Å². The Morgan fingerprint density at radius 3 is 2.80 bits per heavy atom. The topological polar surface area (TPSA) is 39.1 Å². The highest BCUT2D eigenvalue weighted by molar-refractivity contribution is 5.08. The van der Waals surface area contributed by atoms with Gasteiger partial charge in [0, 0.05) is 31.9 Å². The average molecular weight is 211 g/mol. The second-order valence-electron chi connectivity index (χ2n) is 3.92. The number of ether oxygens (including phenoxy) is 1. The number of hydrogen-bond acceptors (Lipinski definition) is 3. The molecule has 0 aliphatic heterocycles. The number of nitrogens with one attached hydrogen (secondary N) is 1. The van der Waals surface area contributed by atoms with Gasteiger partial charge >= 0.3 is 0 Å². The number of aromatic nitrogens is 2. The molecule has 15 heavy (non-hydrogen) atoms. The van der Waals surface area contributed by atoms with Gasteiger partial charge in [-0.1, -0.05) is 0 Å². The summed E-state index contributed by atoms with van der Waals surface area (Å²) in [6.07, 6.45) is 1.90. The van der Waals surface area contributed by atoms with Crippen LogP contribution in [-0.4, -0.2) is 35.9 Å². The second-order valence-corrected chi connectivity index (χ2v) is 3.92. The number of nitrogens with zero attached hydrogens (tertiary/aromatic N) is 2. The predicted molar refractivity (Wildman–Crippen MR) is 61.0 cm³/mol. The monoisotopic (exact) mass is 211 g/mol. The molecule has 0 aromatic carbocycles. The van der Waals surface area contributed by atoms with Crippen LogP contribution in [-0.2, 0) is 11.3 Å². The summed E-state index contributed by atoms with van der Waals surface area (Å²) >= 11 is 0. The zero-order valence-electron chi connectivity index (χ0n) is 10.1. The number of aryl methyl sites for hydroxylation is 1. The van der Waals surface area contributed by atoms with Gasteiger partial charge in [-0.2, -0.15) is 0 Å². The molecule has 0 aliphatic carbocycles. The average Bonchev–Trinajstić information content (AvgIpc) is 2.50. The predicted octanol–water partition coefficient (Wildman–Crippen LogP) is 1.12. The van der Waals surface area contributed by atoms with E-state index in [9.17, 15) is 0 Å². The molecule has 0 radical (unpaired) electrons. The van der Waals surface area contributed by atoms with Gasteiger partial charge in [-0.05, 0) is 20.8 Å². The minimum absolute atomic E-state index is 0.437. The quantitative estimate of drug-likeness (QED) is 0.717. The van der Waals surface area contributed by atoms with Crippen LogP contribution in [0, 0.1) is 13.8 Å². The first-order valence-corrected chi connectivity index (χ1v) is 5.35. The van der Waals surface area contributed by atoms with E-state index in [0.29, 0.717) is 6.04 Å². The second kappa shape index (κ2) is 5.88. The first kappa shape index (κ1) is 12.2. The van der Waals surface area contributed by atoms with Crippen molar-refractivity contribution < 1.29 is 4.74 Å². The van der Waals surface area contributed by atoms with Crippen LogP contribution in [0.25, 0.3) is 0 Å². The van der Waals surface area contributed by atoms with Gasteiger partial charge in [0.25, 0.3) is 0 Å². The first-order chi connectivity index (χ1) is 7.15. The lowest BCUT2D eigenvalue weighted by molar-refractivity contribution is 0.195. The molecular weight excluding hydrogens is 190 g/mol. The van der Waals surface area contributed by atoms with Crippen molar-refractivity contribution in [3.63, 3.8) is 0 Å². The maximum Gasteiger partial charge on any atom is 0.0951 e. The van der Waals surface area contributed by atoms with Gasteiger partial charge in [0.1, 0.15) is 0 Å². The SMILES string of the molecule is COCCNC(C)Cn1cnc(C)c1C. The molecule has 1 aromatic heterocycles. The lowest BCUT2D eigenvalue weighted by atomic mass is 10.3. The molecule has 0 saturated heterocycles. The molecular formula is C11H21N3O. The fourth-order valence-corrected chi connectivity index (χ4v) is 1.50. The van der Waals surface area contributed by atoms with Gasteiger partial charge < -0.3 is 14.6 Å². The molecule has 0 aliphatic rings. The number of methoxy groups -OCH3 is 1. The van der Waals surface area contributed by atoms with E-state index in [2.05, 4.69) is 28.7 Å². The molecule has 0 saturated carbocycles. The number of hydrogen-bond donors (Lipinski definition) is 1. The Bertz CT molecular complexity index is 296. The fourth-order valence-electron chi connectivity index (χ4n) is 1.50. The summed E-state index contributed by atoms with van der Waals surface area (Å²) in [5.74, 6) is 0. The Labute approximate surface area is 91.7 Å². The van der Waals surface area contributed by atoms with Crippen molar-refractivity contribution in [2.75, 3.05) is 20.3 Å². The third-order valence-electron chi connectivity index (χ3n) is 2.61. The third kappa shape index (κ3) is 3.64. The van der Waals surface area contributed by atoms with Gasteiger partial charge in [-0.3, -0.25) is 0 Å². The smallest absolute Gasteiger partial charge is 0.0951 e. The molecule has 1 atom stereocenters. The van der Waals surface area contributed by atoms with Crippen LogP contribution in [0.5, 0.6) is 0 Å². The summed E-state index contributed by atoms with van der Waals surface area (Å²) in [6.45, 7) is 8.91. The Morgan fingerprint density at radius 2 is 2.27 bits per heavy atom. The van der Waals surface area contributed by atoms with Crippen LogP contribution in [0.4, 0.5) is 0 Å². The van der Waals surface area contributed by atoms with E-state index in [1.807, 2.05) is 13.3 Å². The number of imidazole rings is 1. The zero-order chi connectivity index (χ0) is 11.3. The minimum atomic E-state index is 0.437. The van der Waals surface area contributed by atoms with E-state index in [1.54, 1.807) is 7.11 Å². The summed E-state index contributed by atoms with van der Waals surface area (Å²) < 4.78 is 7.17. The summed E-state index contributed by atoms with van der Waals surface area (Å²) in [5.41, 5.74) is 2.36. The summed E-state index contributed by atoms with van der Waals surface area (Å²) in [4.78, 5) is 4.28. The summed E-state index contributed by atoms with van der Waals surface area (Å²) in [6, 6.07) is 0.437. The highest BCUT2D eigenvalue weighted by Crippen LogP contribution is 2.04. The van der Waals surface area contributed by atoms with E-state index in [-0.39, 0.29) is 0 Å². The molecule has 1 aromatic rings. The van der Waals surface area contributed by atoms with Crippen molar-refractivity contribution in [2.24, 2.45) is 0 Å². The van der Waals surface area contributed by atoms with E-state index >= 15 is 0 Å². The highest BCUT2D eigenvalue weighted by Gasteiger charge is 2.06. The normalized spacial score (nSPS) is 13.1. The van der Waals surface area contributed by atoms with Gasteiger partial charge in [0.05, 0.1) is 18.6 Å². The summed E-state index contributed by atoms with van der Waals surface area (Å²) in [5, 5.41) is 3.39. The van der Waals surface area contributed by atoms with Gasteiger partial charge in [0.15, 0.2) is 0 Å². The number of rotatable bonds is 6. The first-order valence-electron chi connectivity index (χ1n) is 5.35. The minimum Gasteiger partial charge on any atom is -0.383 e. The molecule has 0 fully saturated rings.